The highest BCUT2D eigenvalue weighted by Gasteiger charge is 2.37. The van der Waals surface area contributed by atoms with Gasteiger partial charge in [-0.2, -0.15) is 8.42 Å². The highest BCUT2D eigenvalue weighted by Crippen LogP contribution is 2.35. The topological polar surface area (TPSA) is 103 Å². The van der Waals surface area contributed by atoms with Gasteiger partial charge in [-0.1, -0.05) is 0 Å². The summed E-state index contributed by atoms with van der Waals surface area (Å²) >= 11 is 0. The average molecular weight is 409 g/mol. The molecular formula is C18H20FN3O5S. The van der Waals surface area contributed by atoms with E-state index in [4.69, 9.17) is 4.42 Å². The molecule has 1 unspecified atom stereocenters. The van der Waals surface area contributed by atoms with E-state index in [2.05, 4.69) is 4.90 Å². The Morgan fingerprint density at radius 3 is 2.82 bits per heavy atom. The number of hydrogen-bond donors (Lipinski definition) is 2. The number of amides is 1. The number of aromatic hydroxyl groups is 1. The quantitative estimate of drug-likeness (QED) is 0.773. The van der Waals surface area contributed by atoms with Gasteiger partial charge in [0.05, 0.1) is 12.8 Å². The molecule has 2 fully saturated rings. The molecule has 1 aromatic heterocycles. The molecule has 0 spiro atoms. The van der Waals surface area contributed by atoms with Gasteiger partial charge in [0.1, 0.15) is 23.7 Å². The second kappa shape index (κ2) is 7.10. The molecule has 2 aliphatic rings. The average Bonchev–Trinajstić information content (AvgIpc) is 3.30. The van der Waals surface area contributed by atoms with Crippen LogP contribution in [0.3, 0.4) is 0 Å². The van der Waals surface area contributed by atoms with E-state index in [1.54, 1.807) is 11.0 Å². The zero-order valence-electron chi connectivity index (χ0n) is 15.0. The molecule has 3 heterocycles. The Labute approximate surface area is 161 Å². The van der Waals surface area contributed by atoms with Crippen molar-refractivity contribution in [2.45, 2.75) is 19.4 Å². The Kier molecular flexibility index (Phi) is 4.76. The number of carbonyl (C=O) groups is 1. The van der Waals surface area contributed by atoms with Crippen molar-refractivity contribution in [1.29, 1.82) is 0 Å². The molecule has 2 aromatic rings. The number of phenols is 1. The third-order valence-electron chi connectivity index (χ3n) is 5.03. The largest absolute Gasteiger partial charge is 0.506 e. The lowest BCUT2D eigenvalue weighted by atomic mass is 9.98. The Hall–Kier alpha value is -2.59. The number of anilines is 1. The number of halogens is 1. The van der Waals surface area contributed by atoms with Gasteiger partial charge in [0.2, 0.25) is 0 Å². The number of furan rings is 1. The first-order chi connectivity index (χ1) is 13.3. The van der Waals surface area contributed by atoms with Crippen molar-refractivity contribution in [2.75, 3.05) is 23.9 Å². The van der Waals surface area contributed by atoms with Gasteiger partial charge >= 0.3 is 10.2 Å². The second-order valence-electron chi connectivity index (χ2n) is 7.16. The van der Waals surface area contributed by atoms with Crippen molar-refractivity contribution in [3.05, 3.63) is 47.7 Å². The number of nitrogens with one attached hydrogen (secondary N) is 1. The molecule has 2 aliphatic heterocycles. The summed E-state index contributed by atoms with van der Waals surface area (Å²) in [4.78, 5) is 13.6. The number of likely N-dealkylation sites (tertiary alicyclic amines) is 1. The molecular weight excluding hydrogens is 389 g/mol. The summed E-state index contributed by atoms with van der Waals surface area (Å²) in [5.41, 5.74) is 0.0763. The van der Waals surface area contributed by atoms with Crippen LogP contribution in [0.15, 0.2) is 34.9 Å². The fraction of sp³-hybridized carbons (Fsp3) is 0.389. The number of nitrogens with zero attached hydrogens (tertiary/aromatic N) is 2. The van der Waals surface area contributed by atoms with Gasteiger partial charge in [0, 0.05) is 6.54 Å². The highest BCUT2D eigenvalue weighted by molar-refractivity contribution is 7.92. The molecule has 150 valence electrons. The van der Waals surface area contributed by atoms with Gasteiger partial charge in [0.15, 0.2) is 5.82 Å². The van der Waals surface area contributed by atoms with E-state index in [0.29, 0.717) is 22.2 Å². The minimum atomic E-state index is -4.18. The van der Waals surface area contributed by atoms with Crippen LogP contribution in [0, 0.1) is 11.7 Å². The summed E-state index contributed by atoms with van der Waals surface area (Å²) in [6.45, 7) is 1.88. The van der Waals surface area contributed by atoms with Crippen LogP contribution in [0.2, 0.25) is 0 Å². The monoisotopic (exact) mass is 409 g/mol. The number of phenolic OH excluding ortho intramolecular Hbond substituents is 1. The van der Waals surface area contributed by atoms with E-state index in [0.717, 1.165) is 31.8 Å². The second-order valence-corrected chi connectivity index (χ2v) is 8.75. The molecule has 0 aliphatic carbocycles. The van der Waals surface area contributed by atoms with Crippen molar-refractivity contribution in [3.8, 4) is 5.75 Å². The van der Waals surface area contributed by atoms with Crippen LogP contribution in [0.5, 0.6) is 5.75 Å². The maximum atomic E-state index is 14.6. The number of rotatable bonds is 5. The Morgan fingerprint density at radius 2 is 2.18 bits per heavy atom. The maximum absolute atomic E-state index is 14.6. The van der Waals surface area contributed by atoms with Crippen LogP contribution >= 0.6 is 0 Å². The fourth-order valence-electron chi connectivity index (χ4n) is 3.83. The third kappa shape index (κ3) is 3.69. The summed E-state index contributed by atoms with van der Waals surface area (Å²) in [6.07, 6.45) is 3.13. The summed E-state index contributed by atoms with van der Waals surface area (Å²) in [7, 11) is -4.18. The third-order valence-corrected chi connectivity index (χ3v) is 6.40. The van der Waals surface area contributed by atoms with Gasteiger partial charge in [-0.15, -0.1) is 0 Å². The van der Waals surface area contributed by atoms with Crippen molar-refractivity contribution in [2.24, 2.45) is 5.92 Å². The van der Waals surface area contributed by atoms with Crippen molar-refractivity contribution in [3.63, 3.8) is 0 Å². The lowest BCUT2D eigenvalue weighted by Gasteiger charge is -2.19. The van der Waals surface area contributed by atoms with Crippen molar-refractivity contribution < 1.29 is 27.1 Å². The Balaban J connectivity index is 1.46. The first kappa shape index (κ1) is 18.8. The molecule has 0 radical (unpaired) electrons. The van der Waals surface area contributed by atoms with E-state index in [9.17, 15) is 22.7 Å². The van der Waals surface area contributed by atoms with Crippen LogP contribution in [-0.4, -0.2) is 44.0 Å². The first-order valence-corrected chi connectivity index (χ1v) is 10.4. The minimum Gasteiger partial charge on any atom is -0.506 e. The van der Waals surface area contributed by atoms with E-state index >= 15 is 0 Å². The predicted octanol–water partition coefficient (Wildman–Crippen LogP) is 1.37. The van der Waals surface area contributed by atoms with E-state index in [1.165, 1.54) is 12.1 Å². The normalized spacial score (nSPS) is 22.0. The zero-order chi connectivity index (χ0) is 19.9. The first-order valence-electron chi connectivity index (χ1n) is 8.91. The lowest BCUT2D eigenvalue weighted by Crippen LogP contribution is -2.30. The van der Waals surface area contributed by atoms with Crippen molar-refractivity contribution in [1.82, 2.24) is 9.62 Å². The molecule has 2 saturated heterocycles. The van der Waals surface area contributed by atoms with Crippen LogP contribution in [0.4, 0.5) is 10.1 Å². The van der Waals surface area contributed by atoms with Gasteiger partial charge in [0.25, 0.3) is 5.91 Å². The minimum absolute atomic E-state index is 0.290. The molecule has 10 heteroatoms. The number of carbonyl (C=O) groups excluding carboxylic acids is 1. The van der Waals surface area contributed by atoms with Crippen LogP contribution in [0.25, 0.3) is 0 Å². The Morgan fingerprint density at radius 1 is 1.36 bits per heavy atom. The van der Waals surface area contributed by atoms with Gasteiger partial charge < -0.3 is 9.52 Å². The van der Waals surface area contributed by atoms with Gasteiger partial charge in [-0.25, -0.2) is 13.4 Å². The SMILES string of the molecule is O=C1CN(c2c(O)cc(CC3CCN(Cc4ccco4)C3)cc2F)S(=O)(=O)N1. The molecule has 2 N–H and O–H groups in total. The molecule has 8 nitrogen and oxygen atoms in total. The summed E-state index contributed by atoms with van der Waals surface area (Å²) in [5.74, 6) is -0.964. The molecule has 0 saturated carbocycles. The number of hydrogen-bond acceptors (Lipinski definition) is 6. The highest BCUT2D eigenvalue weighted by atomic mass is 32.2. The standard InChI is InChI=1S/C18H20FN3O5S/c19-15-7-13(6-12-3-4-21(9-12)10-14-2-1-5-27-14)8-16(23)18(15)22-11-17(24)20-28(22,25)26/h1-2,5,7-8,12,23H,3-4,6,9-11H2,(H,20,24). The van der Waals surface area contributed by atoms with Crippen LogP contribution < -0.4 is 9.03 Å². The smallest absolute Gasteiger partial charge is 0.326 e. The number of benzene rings is 1. The molecule has 0 bridgehead atoms. The van der Waals surface area contributed by atoms with E-state index < -0.39 is 39.9 Å². The lowest BCUT2D eigenvalue weighted by molar-refractivity contribution is -0.117. The van der Waals surface area contributed by atoms with Gasteiger partial charge in [-0.3, -0.25) is 9.69 Å². The molecule has 1 aromatic carbocycles. The van der Waals surface area contributed by atoms with Gasteiger partial charge in [-0.05, 0) is 55.1 Å². The molecule has 4 rings (SSSR count). The summed E-state index contributed by atoms with van der Waals surface area (Å²) in [5, 5.41) is 10.2. The van der Waals surface area contributed by atoms with E-state index in [-0.39, 0.29) is 0 Å². The fourth-order valence-corrected chi connectivity index (χ4v) is 5.00. The zero-order valence-corrected chi connectivity index (χ0v) is 15.8. The summed E-state index contributed by atoms with van der Waals surface area (Å²) in [6, 6.07) is 6.36. The summed E-state index contributed by atoms with van der Waals surface area (Å²) < 4.78 is 46.1. The maximum Gasteiger partial charge on any atom is 0.326 e. The van der Waals surface area contributed by atoms with Crippen LogP contribution in [-0.2, 0) is 28.0 Å². The van der Waals surface area contributed by atoms with Crippen LogP contribution in [0.1, 0.15) is 17.7 Å². The Bertz CT molecular complexity index is 970. The van der Waals surface area contributed by atoms with Crippen molar-refractivity contribution >= 4 is 21.8 Å². The molecule has 1 amide bonds. The molecule has 28 heavy (non-hydrogen) atoms. The predicted molar refractivity (Wildman–Crippen MR) is 98.3 cm³/mol. The molecule has 1 atom stereocenters. The van der Waals surface area contributed by atoms with E-state index in [1.807, 2.05) is 12.1 Å².